The van der Waals surface area contributed by atoms with Gasteiger partial charge in [0.05, 0.1) is 5.41 Å². The summed E-state index contributed by atoms with van der Waals surface area (Å²) in [5.74, 6) is 0.272. The Bertz CT molecular complexity index is 360. The van der Waals surface area contributed by atoms with E-state index in [2.05, 4.69) is 4.98 Å². The van der Waals surface area contributed by atoms with Gasteiger partial charge in [-0.05, 0) is 26.0 Å². The summed E-state index contributed by atoms with van der Waals surface area (Å²) in [5.41, 5.74) is -1.01. The molecule has 15 heavy (non-hydrogen) atoms. The summed E-state index contributed by atoms with van der Waals surface area (Å²) < 4.78 is 0. The zero-order valence-electron chi connectivity index (χ0n) is 9.10. The van der Waals surface area contributed by atoms with Crippen LogP contribution in [0.25, 0.3) is 0 Å². The van der Waals surface area contributed by atoms with Gasteiger partial charge in [-0.2, -0.15) is 0 Å². The van der Waals surface area contributed by atoms with Crippen LogP contribution in [0, 0.1) is 5.41 Å². The van der Waals surface area contributed by atoms with Gasteiger partial charge in [0.15, 0.2) is 0 Å². The Morgan fingerprint density at radius 2 is 2.13 bits per heavy atom. The molecule has 0 aliphatic heterocycles. The van der Waals surface area contributed by atoms with Gasteiger partial charge < -0.3 is 4.79 Å². The number of carbonyl (C=O) groups is 2. The van der Waals surface area contributed by atoms with Crippen molar-refractivity contribution in [3.63, 3.8) is 0 Å². The number of hydrogen-bond donors (Lipinski definition) is 0. The largest absolute Gasteiger partial charge is 0.302 e. The number of anilines is 1. The van der Waals surface area contributed by atoms with Gasteiger partial charge in [0.25, 0.3) is 0 Å². The number of nitrogens with zero attached hydrogens (tertiary/aromatic N) is 2. The highest BCUT2D eigenvalue weighted by Crippen LogP contribution is 2.18. The number of hydrogen-bond acceptors (Lipinski definition) is 3. The first-order valence-corrected chi connectivity index (χ1v) is 4.64. The maximum atomic E-state index is 11.9. The van der Waals surface area contributed by atoms with Gasteiger partial charge in [-0.15, -0.1) is 0 Å². The van der Waals surface area contributed by atoms with Crippen molar-refractivity contribution in [3.05, 3.63) is 24.4 Å². The highest BCUT2D eigenvalue weighted by atomic mass is 16.2. The molecule has 1 aromatic heterocycles. The second-order valence-electron chi connectivity index (χ2n) is 3.89. The Balaban J connectivity index is 2.92. The van der Waals surface area contributed by atoms with Gasteiger partial charge in [0.2, 0.25) is 5.91 Å². The zero-order chi connectivity index (χ0) is 11.5. The fourth-order valence-electron chi connectivity index (χ4n) is 1.14. The molecule has 0 aliphatic rings. The van der Waals surface area contributed by atoms with Crippen LogP contribution in [-0.2, 0) is 9.59 Å². The monoisotopic (exact) mass is 206 g/mol. The van der Waals surface area contributed by atoms with Gasteiger partial charge in [-0.1, -0.05) is 6.07 Å². The molecule has 0 atom stereocenters. The molecule has 0 radical (unpaired) electrons. The summed E-state index contributed by atoms with van der Waals surface area (Å²) in [6.07, 6.45) is 2.25. The van der Waals surface area contributed by atoms with Crippen LogP contribution in [0.15, 0.2) is 24.4 Å². The average molecular weight is 206 g/mol. The van der Waals surface area contributed by atoms with E-state index in [1.54, 1.807) is 45.3 Å². The number of aromatic nitrogens is 1. The van der Waals surface area contributed by atoms with E-state index in [0.29, 0.717) is 12.1 Å². The maximum absolute atomic E-state index is 11.9. The van der Waals surface area contributed by atoms with E-state index in [9.17, 15) is 9.59 Å². The minimum atomic E-state index is -1.01. The first-order chi connectivity index (χ1) is 6.99. The normalized spacial score (nSPS) is 10.9. The van der Waals surface area contributed by atoms with Gasteiger partial charge in [-0.3, -0.25) is 9.69 Å². The molecule has 0 spiro atoms. The molecule has 0 fully saturated rings. The van der Waals surface area contributed by atoms with Crippen molar-refractivity contribution in [1.29, 1.82) is 0 Å². The highest BCUT2D eigenvalue weighted by molar-refractivity contribution is 6.04. The lowest BCUT2D eigenvalue weighted by atomic mass is 9.94. The molecule has 1 amide bonds. The predicted octanol–water partition coefficient (Wildman–Crippen LogP) is 1.27. The summed E-state index contributed by atoms with van der Waals surface area (Å²) in [5, 5.41) is 0. The van der Waals surface area contributed by atoms with Crippen LogP contribution in [0.3, 0.4) is 0 Å². The van der Waals surface area contributed by atoms with Crippen molar-refractivity contribution in [1.82, 2.24) is 4.98 Å². The van der Waals surface area contributed by atoms with Gasteiger partial charge >= 0.3 is 0 Å². The fourth-order valence-corrected chi connectivity index (χ4v) is 1.14. The third-order valence-electron chi connectivity index (χ3n) is 2.14. The number of amides is 1. The second kappa shape index (κ2) is 4.21. The van der Waals surface area contributed by atoms with Crippen LogP contribution in [0.1, 0.15) is 13.8 Å². The minimum Gasteiger partial charge on any atom is -0.302 e. The van der Waals surface area contributed by atoms with Crippen LogP contribution in [-0.4, -0.2) is 24.2 Å². The van der Waals surface area contributed by atoms with Crippen molar-refractivity contribution >= 4 is 18.0 Å². The lowest BCUT2D eigenvalue weighted by Gasteiger charge is -2.23. The quantitative estimate of drug-likeness (QED) is 0.552. The van der Waals surface area contributed by atoms with Crippen molar-refractivity contribution in [2.75, 3.05) is 11.9 Å². The molecular weight excluding hydrogens is 192 g/mol. The molecule has 0 saturated carbocycles. The molecule has 0 aromatic carbocycles. The summed E-state index contributed by atoms with van der Waals surface area (Å²) in [6, 6.07) is 5.28. The maximum Gasteiger partial charge on any atom is 0.240 e. The summed E-state index contributed by atoms with van der Waals surface area (Å²) in [7, 11) is 1.61. The molecule has 0 aliphatic carbocycles. The third-order valence-corrected chi connectivity index (χ3v) is 2.14. The minimum absolute atomic E-state index is 0.267. The van der Waals surface area contributed by atoms with Gasteiger partial charge in [0, 0.05) is 13.2 Å². The molecule has 80 valence electrons. The molecule has 0 unspecified atom stereocenters. The number of aldehydes is 1. The molecule has 0 N–H and O–H groups in total. The third kappa shape index (κ3) is 2.40. The highest BCUT2D eigenvalue weighted by Gasteiger charge is 2.30. The van der Waals surface area contributed by atoms with E-state index < -0.39 is 5.41 Å². The van der Waals surface area contributed by atoms with E-state index >= 15 is 0 Å². The van der Waals surface area contributed by atoms with Gasteiger partial charge in [0.1, 0.15) is 12.1 Å². The lowest BCUT2D eigenvalue weighted by molar-refractivity contribution is -0.132. The molecule has 4 nitrogen and oxygen atoms in total. The molecule has 0 bridgehead atoms. The molecule has 0 saturated heterocycles. The summed E-state index contributed by atoms with van der Waals surface area (Å²) >= 11 is 0. The van der Waals surface area contributed by atoms with E-state index in [0.717, 1.165) is 0 Å². The summed E-state index contributed by atoms with van der Waals surface area (Å²) in [6.45, 7) is 3.17. The van der Waals surface area contributed by atoms with Crippen molar-refractivity contribution in [2.45, 2.75) is 13.8 Å². The predicted molar refractivity (Wildman–Crippen MR) is 57.5 cm³/mol. The molecule has 1 aromatic rings. The Kier molecular flexibility index (Phi) is 3.19. The standard InChI is InChI=1S/C11H14N2O2/c1-11(2,8-14)10(15)13(3)9-6-4-5-7-12-9/h4-8H,1-3H3. The zero-order valence-corrected chi connectivity index (χ0v) is 9.10. The second-order valence-corrected chi connectivity index (χ2v) is 3.89. The average Bonchev–Trinajstić information content (AvgIpc) is 2.28. The number of carbonyl (C=O) groups excluding carboxylic acids is 2. The first kappa shape index (κ1) is 11.4. The van der Waals surface area contributed by atoms with Crippen LogP contribution < -0.4 is 4.90 Å². The van der Waals surface area contributed by atoms with E-state index in [4.69, 9.17) is 0 Å². The van der Waals surface area contributed by atoms with Crippen molar-refractivity contribution in [2.24, 2.45) is 5.41 Å². The Hall–Kier alpha value is -1.71. The number of rotatable bonds is 3. The Morgan fingerprint density at radius 1 is 1.47 bits per heavy atom. The lowest BCUT2D eigenvalue weighted by Crippen LogP contribution is -2.39. The van der Waals surface area contributed by atoms with E-state index in [-0.39, 0.29) is 5.91 Å². The fraction of sp³-hybridized carbons (Fsp3) is 0.364. The topological polar surface area (TPSA) is 50.3 Å². The van der Waals surface area contributed by atoms with Crippen LogP contribution >= 0.6 is 0 Å². The molecule has 1 rings (SSSR count). The van der Waals surface area contributed by atoms with Crippen LogP contribution in [0.2, 0.25) is 0 Å². The Labute approximate surface area is 88.9 Å². The van der Waals surface area contributed by atoms with Gasteiger partial charge in [-0.25, -0.2) is 4.98 Å². The SMILES string of the molecule is CN(C(=O)C(C)(C)C=O)c1ccccn1. The summed E-state index contributed by atoms with van der Waals surface area (Å²) in [4.78, 5) is 28.0. The molecule has 1 heterocycles. The number of pyridine rings is 1. The smallest absolute Gasteiger partial charge is 0.240 e. The van der Waals surface area contributed by atoms with E-state index in [1.165, 1.54) is 4.90 Å². The first-order valence-electron chi connectivity index (χ1n) is 4.64. The van der Waals surface area contributed by atoms with Crippen molar-refractivity contribution in [3.8, 4) is 0 Å². The van der Waals surface area contributed by atoms with E-state index in [1.807, 2.05) is 0 Å². The Morgan fingerprint density at radius 3 is 2.60 bits per heavy atom. The van der Waals surface area contributed by atoms with Crippen LogP contribution in [0.4, 0.5) is 5.82 Å². The molecule has 4 heteroatoms. The van der Waals surface area contributed by atoms with Crippen molar-refractivity contribution < 1.29 is 9.59 Å². The van der Waals surface area contributed by atoms with Crippen LogP contribution in [0.5, 0.6) is 0 Å². The molecular formula is C11H14N2O2.